The summed E-state index contributed by atoms with van der Waals surface area (Å²) >= 11 is 0. The predicted octanol–water partition coefficient (Wildman–Crippen LogP) is 12.3. The second-order valence-electron chi connectivity index (χ2n) is 14.3. The zero-order valence-electron chi connectivity index (χ0n) is 30.1. The molecule has 260 valence electrons. The van der Waals surface area contributed by atoms with Gasteiger partial charge in [-0.15, -0.1) is 0 Å². The van der Waals surface area contributed by atoms with Gasteiger partial charge in [0.25, 0.3) is 0 Å². The van der Waals surface area contributed by atoms with E-state index in [0.717, 1.165) is 55.8 Å². The van der Waals surface area contributed by atoms with Crippen LogP contribution in [0.25, 0.3) is 67.5 Å². The van der Waals surface area contributed by atoms with Gasteiger partial charge < -0.3 is 9.47 Å². The van der Waals surface area contributed by atoms with Gasteiger partial charge in [0.1, 0.15) is 0 Å². The van der Waals surface area contributed by atoms with Crippen molar-refractivity contribution in [2.45, 2.75) is 19.3 Å². The predicted molar refractivity (Wildman–Crippen MR) is 216 cm³/mol. The van der Waals surface area contributed by atoms with Crippen LogP contribution in [-0.4, -0.2) is 15.0 Å². The highest BCUT2D eigenvalue weighted by Crippen LogP contribution is 2.59. The van der Waals surface area contributed by atoms with Crippen molar-refractivity contribution in [1.82, 2.24) is 15.0 Å². The molecule has 2 heterocycles. The molecule has 2 aliphatic rings. The van der Waals surface area contributed by atoms with Crippen molar-refractivity contribution >= 4 is 0 Å². The Balaban J connectivity index is 1.12. The lowest BCUT2D eigenvalue weighted by Gasteiger charge is -2.26. The van der Waals surface area contributed by atoms with Crippen molar-refractivity contribution in [3.63, 3.8) is 0 Å². The smallest absolute Gasteiger partial charge is 0.178 e. The molecule has 0 radical (unpaired) electrons. The van der Waals surface area contributed by atoms with E-state index in [9.17, 15) is 5.26 Å². The molecular formula is C49H32N4O2. The van der Waals surface area contributed by atoms with Crippen LogP contribution in [0.3, 0.4) is 0 Å². The van der Waals surface area contributed by atoms with Crippen molar-refractivity contribution in [3.05, 3.63) is 174 Å². The first kappa shape index (κ1) is 32.3. The third kappa shape index (κ3) is 5.36. The Labute approximate surface area is 319 Å². The topological polar surface area (TPSA) is 80.9 Å². The Morgan fingerprint density at radius 2 is 1.05 bits per heavy atom. The van der Waals surface area contributed by atoms with E-state index >= 15 is 0 Å². The molecule has 1 aliphatic carbocycles. The molecule has 0 unspecified atom stereocenters. The lowest BCUT2D eigenvalue weighted by Crippen LogP contribution is -2.15. The first-order valence-electron chi connectivity index (χ1n) is 18.2. The summed E-state index contributed by atoms with van der Waals surface area (Å²) in [6.07, 6.45) is 0. The number of para-hydroxylation sites is 1. The summed E-state index contributed by atoms with van der Waals surface area (Å²) < 4.78 is 13.6. The second kappa shape index (κ2) is 12.6. The van der Waals surface area contributed by atoms with Crippen molar-refractivity contribution in [1.29, 1.82) is 5.26 Å². The van der Waals surface area contributed by atoms with Crippen LogP contribution in [0.2, 0.25) is 0 Å². The van der Waals surface area contributed by atoms with Crippen molar-refractivity contribution in [2.24, 2.45) is 0 Å². The molecule has 7 aromatic carbocycles. The Bertz CT molecular complexity index is 2870. The summed E-state index contributed by atoms with van der Waals surface area (Å²) in [5, 5.41) is 9.53. The molecule has 55 heavy (non-hydrogen) atoms. The van der Waals surface area contributed by atoms with E-state index in [1.165, 1.54) is 11.1 Å². The van der Waals surface area contributed by atoms with Gasteiger partial charge in [-0.05, 0) is 63.7 Å². The number of rotatable bonds is 5. The van der Waals surface area contributed by atoms with E-state index < -0.39 is 0 Å². The maximum atomic E-state index is 9.53. The van der Waals surface area contributed by atoms with Gasteiger partial charge in [0.15, 0.2) is 40.5 Å². The molecule has 1 aromatic heterocycles. The molecule has 0 spiro atoms. The maximum absolute atomic E-state index is 9.53. The molecule has 8 aromatic rings. The standard InChI is InChI=1S/C49H32N4O2/c1-49(2)39-23-9-8-21-38(39)43-40(49)25-26-42-45(43)55-44-36(22-12-24-41(44)54-42)35-19-6-7-20-37(35)48-52-46(31-14-4-3-5-15-31)51-47(53-48)34-18-11-17-33(28-34)32-16-10-13-30(27-32)29-50/h3-28H,1-2H3. The molecule has 6 nitrogen and oxygen atoms in total. The largest absolute Gasteiger partial charge is 0.449 e. The van der Waals surface area contributed by atoms with E-state index in [2.05, 4.69) is 68.4 Å². The summed E-state index contributed by atoms with van der Waals surface area (Å²) in [6.45, 7) is 4.52. The van der Waals surface area contributed by atoms with Crippen LogP contribution in [0, 0.1) is 11.3 Å². The Kier molecular flexibility index (Phi) is 7.43. The Morgan fingerprint density at radius 3 is 1.87 bits per heavy atom. The maximum Gasteiger partial charge on any atom is 0.178 e. The summed E-state index contributed by atoms with van der Waals surface area (Å²) in [4.78, 5) is 15.2. The van der Waals surface area contributed by atoms with Gasteiger partial charge in [-0.3, -0.25) is 0 Å². The minimum atomic E-state index is -0.177. The van der Waals surface area contributed by atoms with Gasteiger partial charge in [-0.1, -0.05) is 141 Å². The number of aromatic nitrogens is 3. The van der Waals surface area contributed by atoms with E-state index in [1.807, 2.05) is 103 Å². The second-order valence-corrected chi connectivity index (χ2v) is 14.3. The van der Waals surface area contributed by atoms with Crippen molar-refractivity contribution in [2.75, 3.05) is 0 Å². The van der Waals surface area contributed by atoms with Crippen molar-refractivity contribution in [3.8, 4) is 96.6 Å². The fourth-order valence-electron chi connectivity index (χ4n) is 7.92. The average molecular weight is 709 g/mol. The number of hydrogen-bond donors (Lipinski definition) is 0. The van der Waals surface area contributed by atoms with Gasteiger partial charge >= 0.3 is 0 Å². The van der Waals surface area contributed by atoms with E-state index in [-0.39, 0.29) is 5.41 Å². The minimum Gasteiger partial charge on any atom is -0.449 e. The molecule has 0 atom stereocenters. The fourth-order valence-corrected chi connectivity index (χ4v) is 7.92. The lowest BCUT2D eigenvalue weighted by atomic mass is 9.82. The van der Waals surface area contributed by atoms with Gasteiger partial charge in [0.2, 0.25) is 0 Å². The lowest BCUT2D eigenvalue weighted by molar-refractivity contribution is 0.361. The molecule has 0 fully saturated rings. The number of hydrogen-bond acceptors (Lipinski definition) is 6. The molecule has 1 aliphatic heterocycles. The van der Waals surface area contributed by atoms with Gasteiger partial charge in [-0.2, -0.15) is 5.26 Å². The normalized spacial score (nSPS) is 13.0. The summed E-state index contributed by atoms with van der Waals surface area (Å²) in [7, 11) is 0. The number of nitrogens with zero attached hydrogens (tertiary/aromatic N) is 4. The van der Waals surface area contributed by atoms with Crippen LogP contribution < -0.4 is 9.47 Å². The van der Waals surface area contributed by atoms with Crippen LogP contribution in [0.4, 0.5) is 0 Å². The summed E-state index contributed by atoms with van der Waals surface area (Å²) in [5.74, 6) is 4.34. The molecule has 0 bridgehead atoms. The molecule has 0 N–H and O–H groups in total. The monoisotopic (exact) mass is 708 g/mol. The molecule has 0 saturated carbocycles. The van der Waals surface area contributed by atoms with E-state index in [1.54, 1.807) is 6.07 Å². The molecule has 6 heteroatoms. The van der Waals surface area contributed by atoms with E-state index in [4.69, 9.17) is 24.4 Å². The SMILES string of the molecule is CC1(C)c2ccccc2-c2c1ccc1c2Oc2c(cccc2-c2ccccc2-c2nc(-c3ccccc3)nc(-c3cccc(-c4cccc(C#N)c4)c3)n2)O1. The van der Waals surface area contributed by atoms with E-state index in [0.29, 0.717) is 40.3 Å². The molecule has 0 amide bonds. The number of fused-ring (bicyclic) bond motifs is 6. The van der Waals surface area contributed by atoms with Gasteiger partial charge in [-0.25, -0.2) is 15.0 Å². The highest BCUT2D eigenvalue weighted by Gasteiger charge is 2.40. The highest BCUT2D eigenvalue weighted by atomic mass is 16.6. The number of nitriles is 1. The van der Waals surface area contributed by atoms with Gasteiger partial charge in [0, 0.05) is 33.2 Å². The first-order valence-corrected chi connectivity index (χ1v) is 18.2. The van der Waals surface area contributed by atoms with Crippen LogP contribution in [0.5, 0.6) is 23.0 Å². The first-order chi connectivity index (χ1) is 27.0. The van der Waals surface area contributed by atoms with Gasteiger partial charge in [0.05, 0.1) is 11.6 Å². The Morgan fingerprint density at radius 1 is 0.455 bits per heavy atom. The third-order valence-corrected chi connectivity index (χ3v) is 10.6. The zero-order chi connectivity index (χ0) is 37.1. The number of benzene rings is 7. The average Bonchev–Trinajstić information content (AvgIpc) is 3.49. The minimum absolute atomic E-state index is 0.177. The molecule has 0 saturated heterocycles. The quantitative estimate of drug-likeness (QED) is 0.177. The molecular weight excluding hydrogens is 677 g/mol. The molecule has 10 rings (SSSR count). The summed E-state index contributed by atoms with van der Waals surface area (Å²) in [5.41, 5.74) is 11.4. The fraction of sp³-hybridized carbons (Fsp3) is 0.0612. The number of ether oxygens (including phenoxy) is 2. The van der Waals surface area contributed by atoms with Crippen LogP contribution in [-0.2, 0) is 5.41 Å². The van der Waals surface area contributed by atoms with Crippen LogP contribution in [0.1, 0.15) is 30.5 Å². The highest BCUT2D eigenvalue weighted by molar-refractivity contribution is 5.91. The summed E-state index contributed by atoms with van der Waals surface area (Å²) in [6, 6.07) is 54.8. The van der Waals surface area contributed by atoms with Crippen LogP contribution >= 0.6 is 0 Å². The van der Waals surface area contributed by atoms with Crippen molar-refractivity contribution < 1.29 is 9.47 Å². The van der Waals surface area contributed by atoms with Crippen LogP contribution in [0.15, 0.2) is 158 Å². The zero-order valence-corrected chi connectivity index (χ0v) is 30.1. The Hall–Kier alpha value is -7.36. The third-order valence-electron chi connectivity index (χ3n) is 10.6.